The predicted molar refractivity (Wildman–Crippen MR) is 127 cm³/mol. The molecule has 1 aliphatic heterocycles. The van der Waals surface area contributed by atoms with E-state index < -0.39 is 21.5 Å². The van der Waals surface area contributed by atoms with Crippen molar-refractivity contribution in [1.82, 2.24) is 9.62 Å². The van der Waals surface area contributed by atoms with E-state index in [1.807, 2.05) is 0 Å². The fraction of sp³-hybridized carbons (Fsp3) is 0.440. The number of sulfonamides is 1. The lowest BCUT2D eigenvalue weighted by Crippen LogP contribution is -2.52. The summed E-state index contributed by atoms with van der Waals surface area (Å²) in [5, 5.41) is 3.13. The zero-order valence-corrected chi connectivity index (χ0v) is 20.3. The topological polar surface area (TPSA) is 86.8 Å². The van der Waals surface area contributed by atoms with Crippen LogP contribution in [0.25, 0.3) is 0 Å². The van der Waals surface area contributed by atoms with Crippen molar-refractivity contribution >= 4 is 27.5 Å². The van der Waals surface area contributed by atoms with Crippen molar-refractivity contribution in [3.63, 3.8) is 0 Å². The average molecular weight is 488 g/mol. The third-order valence-electron chi connectivity index (χ3n) is 6.95. The molecule has 182 valence electrons. The molecule has 1 heterocycles. The molecule has 9 heteroatoms. The van der Waals surface area contributed by atoms with E-state index in [1.165, 1.54) is 33.5 Å². The number of hydrogen-bond acceptors (Lipinski definition) is 4. The van der Waals surface area contributed by atoms with Crippen LogP contribution in [-0.4, -0.2) is 44.2 Å². The van der Waals surface area contributed by atoms with Crippen molar-refractivity contribution in [2.45, 2.75) is 50.0 Å². The molecule has 1 atom stereocenters. The molecule has 1 saturated carbocycles. The predicted octanol–water partition coefficient (Wildman–Crippen LogP) is 3.40. The summed E-state index contributed by atoms with van der Waals surface area (Å²) >= 11 is 0. The van der Waals surface area contributed by atoms with E-state index >= 15 is 0 Å². The molecule has 1 saturated heterocycles. The highest BCUT2D eigenvalue weighted by atomic mass is 32.2. The van der Waals surface area contributed by atoms with Crippen LogP contribution in [0.1, 0.15) is 45.1 Å². The molecular formula is C25H30FN3O4S. The zero-order chi connectivity index (χ0) is 24.5. The first-order chi connectivity index (χ1) is 16.2. The summed E-state index contributed by atoms with van der Waals surface area (Å²) in [6.45, 7) is 4.55. The maximum atomic E-state index is 13.4. The Kier molecular flexibility index (Phi) is 6.78. The summed E-state index contributed by atoms with van der Waals surface area (Å²) in [5.74, 6) is -1.20. The standard InChI is InChI=1S/C25H30FN3O4S/c1-3-28(4-2)34(32,33)22-12-10-21(11-13-22)29-17-18(16-23(29)30)24(31)27-25(14-5-15-25)19-6-8-20(26)9-7-19/h6-13,18H,3-5,14-17H2,1-2H3,(H,27,31). The Morgan fingerprint density at radius 2 is 1.71 bits per heavy atom. The molecule has 0 bridgehead atoms. The number of anilines is 1. The molecule has 0 aromatic heterocycles. The van der Waals surface area contributed by atoms with Gasteiger partial charge in [-0.1, -0.05) is 26.0 Å². The number of nitrogens with one attached hydrogen (secondary N) is 1. The molecule has 2 aromatic rings. The second-order valence-corrected chi connectivity index (χ2v) is 10.9. The number of nitrogens with zero attached hydrogens (tertiary/aromatic N) is 2. The molecule has 2 aromatic carbocycles. The van der Waals surface area contributed by atoms with Crippen molar-refractivity contribution in [1.29, 1.82) is 0 Å². The van der Waals surface area contributed by atoms with Crippen LogP contribution < -0.4 is 10.2 Å². The monoisotopic (exact) mass is 487 g/mol. The first-order valence-electron chi connectivity index (χ1n) is 11.7. The van der Waals surface area contributed by atoms with Gasteiger partial charge in [0.05, 0.1) is 16.4 Å². The van der Waals surface area contributed by atoms with E-state index in [2.05, 4.69) is 5.32 Å². The van der Waals surface area contributed by atoms with E-state index in [9.17, 15) is 22.4 Å². The maximum absolute atomic E-state index is 13.4. The highest BCUT2D eigenvalue weighted by molar-refractivity contribution is 7.89. The Morgan fingerprint density at radius 1 is 1.09 bits per heavy atom. The SMILES string of the molecule is CCN(CC)S(=O)(=O)c1ccc(N2CC(C(=O)NC3(c4ccc(F)cc4)CCC3)CC2=O)cc1. The van der Waals surface area contributed by atoms with Crippen molar-refractivity contribution in [2.75, 3.05) is 24.5 Å². The highest BCUT2D eigenvalue weighted by Crippen LogP contribution is 2.42. The Labute approximate surface area is 200 Å². The van der Waals surface area contributed by atoms with Gasteiger partial charge in [0, 0.05) is 31.7 Å². The fourth-order valence-electron chi connectivity index (χ4n) is 4.77. The molecule has 2 aliphatic rings. The molecule has 2 amide bonds. The van der Waals surface area contributed by atoms with E-state index in [-0.39, 0.29) is 35.5 Å². The van der Waals surface area contributed by atoms with Crippen LogP contribution in [0.3, 0.4) is 0 Å². The minimum absolute atomic E-state index is 0.0881. The van der Waals surface area contributed by atoms with Crippen LogP contribution in [-0.2, 0) is 25.2 Å². The number of carbonyl (C=O) groups is 2. The normalized spacial score (nSPS) is 19.8. The van der Waals surface area contributed by atoms with Crippen LogP contribution in [0.4, 0.5) is 10.1 Å². The van der Waals surface area contributed by atoms with Gasteiger partial charge in [0.25, 0.3) is 0 Å². The molecular weight excluding hydrogens is 457 g/mol. The highest BCUT2D eigenvalue weighted by Gasteiger charge is 2.43. The van der Waals surface area contributed by atoms with Crippen LogP contribution >= 0.6 is 0 Å². The molecule has 2 fully saturated rings. The van der Waals surface area contributed by atoms with Gasteiger partial charge < -0.3 is 10.2 Å². The second kappa shape index (κ2) is 9.46. The Balaban J connectivity index is 1.46. The molecule has 1 N–H and O–H groups in total. The Morgan fingerprint density at radius 3 is 2.24 bits per heavy atom. The lowest BCUT2D eigenvalue weighted by atomic mass is 9.71. The number of carbonyl (C=O) groups excluding carboxylic acids is 2. The summed E-state index contributed by atoms with van der Waals surface area (Å²) in [7, 11) is -3.58. The largest absolute Gasteiger partial charge is 0.346 e. The summed E-state index contributed by atoms with van der Waals surface area (Å²) in [5.41, 5.74) is 0.928. The molecule has 34 heavy (non-hydrogen) atoms. The smallest absolute Gasteiger partial charge is 0.243 e. The molecule has 4 rings (SSSR count). The lowest BCUT2D eigenvalue weighted by molar-refractivity contribution is -0.129. The number of hydrogen-bond donors (Lipinski definition) is 1. The van der Waals surface area contributed by atoms with E-state index in [0.717, 1.165) is 24.8 Å². The van der Waals surface area contributed by atoms with Crippen LogP contribution in [0.2, 0.25) is 0 Å². The van der Waals surface area contributed by atoms with E-state index in [1.54, 1.807) is 38.1 Å². The first kappa shape index (κ1) is 24.3. The minimum Gasteiger partial charge on any atom is -0.346 e. The second-order valence-electron chi connectivity index (χ2n) is 8.92. The van der Waals surface area contributed by atoms with Crippen molar-refractivity contribution in [3.8, 4) is 0 Å². The van der Waals surface area contributed by atoms with E-state index in [0.29, 0.717) is 18.8 Å². The number of amides is 2. The molecule has 1 unspecified atom stereocenters. The molecule has 0 spiro atoms. The van der Waals surface area contributed by atoms with Gasteiger partial charge in [0.2, 0.25) is 21.8 Å². The molecule has 1 aliphatic carbocycles. The average Bonchev–Trinajstić information content (AvgIpc) is 3.19. The number of benzene rings is 2. The molecule has 0 radical (unpaired) electrons. The summed E-state index contributed by atoms with van der Waals surface area (Å²) in [6.07, 6.45) is 2.61. The maximum Gasteiger partial charge on any atom is 0.243 e. The summed E-state index contributed by atoms with van der Waals surface area (Å²) in [6, 6.07) is 12.4. The lowest BCUT2D eigenvalue weighted by Gasteiger charge is -2.43. The van der Waals surface area contributed by atoms with E-state index in [4.69, 9.17) is 0 Å². The van der Waals surface area contributed by atoms with Crippen molar-refractivity contribution in [3.05, 3.63) is 59.9 Å². The fourth-order valence-corrected chi connectivity index (χ4v) is 6.22. The van der Waals surface area contributed by atoms with Crippen molar-refractivity contribution in [2.24, 2.45) is 5.92 Å². The number of rotatable bonds is 8. The first-order valence-corrected chi connectivity index (χ1v) is 13.1. The quantitative estimate of drug-likeness (QED) is 0.618. The van der Waals surface area contributed by atoms with Gasteiger partial charge in [-0.2, -0.15) is 4.31 Å². The minimum atomic E-state index is -3.58. The van der Waals surface area contributed by atoms with Crippen LogP contribution in [0, 0.1) is 11.7 Å². The van der Waals surface area contributed by atoms with Gasteiger partial charge in [-0.25, -0.2) is 12.8 Å². The zero-order valence-electron chi connectivity index (χ0n) is 19.5. The van der Waals surface area contributed by atoms with Gasteiger partial charge in [-0.3, -0.25) is 9.59 Å². The van der Waals surface area contributed by atoms with Gasteiger partial charge >= 0.3 is 0 Å². The van der Waals surface area contributed by atoms with Gasteiger partial charge in [0.1, 0.15) is 5.82 Å². The van der Waals surface area contributed by atoms with Crippen molar-refractivity contribution < 1.29 is 22.4 Å². The third kappa shape index (κ3) is 4.46. The molecule has 7 nitrogen and oxygen atoms in total. The Hall–Kier alpha value is -2.78. The Bertz CT molecular complexity index is 1160. The summed E-state index contributed by atoms with van der Waals surface area (Å²) < 4.78 is 40.1. The summed E-state index contributed by atoms with van der Waals surface area (Å²) in [4.78, 5) is 27.5. The van der Waals surface area contributed by atoms with Gasteiger partial charge in [-0.15, -0.1) is 0 Å². The van der Waals surface area contributed by atoms with Crippen LogP contribution in [0.5, 0.6) is 0 Å². The number of halogens is 1. The van der Waals surface area contributed by atoms with Crippen LogP contribution in [0.15, 0.2) is 53.4 Å². The third-order valence-corrected chi connectivity index (χ3v) is 9.02. The van der Waals surface area contributed by atoms with Gasteiger partial charge in [-0.05, 0) is 61.2 Å². The van der Waals surface area contributed by atoms with Gasteiger partial charge in [0.15, 0.2) is 0 Å².